The van der Waals surface area contributed by atoms with Gasteiger partial charge in [0.15, 0.2) is 5.65 Å². The van der Waals surface area contributed by atoms with Crippen LogP contribution in [-0.2, 0) is 4.74 Å². The summed E-state index contributed by atoms with van der Waals surface area (Å²) in [6.45, 7) is 4.44. The van der Waals surface area contributed by atoms with Crippen LogP contribution in [-0.4, -0.2) is 33.1 Å². The van der Waals surface area contributed by atoms with Crippen LogP contribution in [0.5, 0.6) is 5.88 Å². The molecule has 3 aromatic rings. The summed E-state index contributed by atoms with van der Waals surface area (Å²) in [5, 5.41) is 0. The summed E-state index contributed by atoms with van der Waals surface area (Å²) in [6.07, 6.45) is 2.88. The first kappa shape index (κ1) is 15.0. The number of hydrogen-bond donors (Lipinski definition) is 2. The van der Waals surface area contributed by atoms with Crippen LogP contribution in [0.2, 0.25) is 0 Å². The Morgan fingerprint density at radius 3 is 2.87 bits per heavy atom. The smallest absolute Gasteiger partial charge is 0.245 e. The Morgan fingerprint density at radius 2 is 2.09 bits per heavy atom. The Labute approximate surface area is 133 Å². The molecule has 0 bridgehead atoms. The van der Waals surface area contributed by atoms with Gasteiger partial charge in [0.05, 0.1) is 19.5 Å². The van der Waals surface area contributed by atoms with E-state index in [1.165, 1.54) is 6.33 Å². The third-order valence-corrected chi connectivity index (χ3v) is 3.20. The predicted octanol–water partition coefficient (Wildman–Crippen LogP) is 2.26. The number of nitrogen functional groups attached to an aromatic ring is 1. The van der Waals surface area contributed by atoms with Crippen LogP contribution in [0.3, 0.4) is 0 Å². The molecule has 7 nitrogen and oxygen atoms in total. The number of imidazole rings is 1. The number of H-pyrrole nitrogens is 1. The lowest BCUT2D eigenvalue weighted by Gasteiger charge is -2.19. The maximum Gasteiger partial charge on any atom is 0.245 e. The minimum atomic E-state index is -0.336. The minimum Gasteiger partial charge on any atom is -0.465 e. The van der Waals surface area contributed by atoms with Crippen molar-refractivity contribution in [3.8, 4) is 5.88 Å². The van der Waals surface area contributed by atoms with Crippen LogP contribution in [0.1, 0.15) is 11.7 Å². The number of fused-ring (bicyclic) bond motifs is 1. The zero-order valence-corrected chi connectivity index (χ0v) is 12.5. The Balaban J connectivity index is 1.90. The molecule has 0 aliphatic carbocycles. The predicted molar refractivity (Wildman–Crippen MR) is 86.9 cm³/mol. The summed E-state index contributed by atoms with van der Waals surface area (Å²) in [5.74, 6) is 0.458. The van der Waals surface area contributed by atoms with Crippen LogP contribution in [0.4, 0.5) is 5.95 Å². The van der Waals surface area contributed by atoms with Gasteiger partial charge in [0.2, 0.25) is 11.8 Å². The van der Waals surface area contributed by atoms with Crippen LogP contribution in [0, 0.1) is 0 Å². The van der Waals surface area contributed by atoms with E-state index >= 15 is 0 Å². The van der Waals surface area contributed by atoms with Gasteiger partial charge in [-0.25, -0.2) is 4.98 Å². The Bertz CT molecular complexity index is 788. The van der Waals surface area contributed by atoms with E-state index in [1.807, 2.05) is 30.3 Å². The van der Waals surface area contributed by atoms with E-state index in [2.05, 4.69) is 26.5 Å². The Morgan fingerprint density at radius 1 is 1.26 bits per heavy atom. The number of benzene rings is 1. The van der Waals surface area contributed by atoms with Crippen molar-refractivity contribution in [3.05, 3.63) is 54.9 Å². The summed E-state index contributed by atoms with van der Waals surface area (Å²) < 4.78 is 11.6. The van der Waals surface area contributed by atoms with Crippen molar-refractivity contribution in [1.82, 2.24) is 19.9 Å². The van der Waals surface area contributed by atoms with Gasteiger partial charge in [-0.1, -0.05) is 36.4 Å². The number of rotatable bonds is 7. The number of hydrogen-bond acceptors (Lipinski definition) is 6. The van der Waals surface area contributed by atoms with Crippen molar-refractivity contribution in [2.45, 2.75) is 6.10 Å². The number of nitrogens with two attached hydrogens (primary N) is 1. The monoisotopic (exact) mass is 311 g/mol. The van der Waals surface area contributed by atoms with Crippen molar-refractivity contribution >= 4 is 17.1 Å². The second kappa shape index (κ2) is 6.89. The number of aromatic nitrogens is 4. The minimum absolute atomic E-state index is 0.110. The van der Waals surface area contributed by atoms with Crippen molar-refractivity contribution in [1.29, 1.82) is 0 Å². The highest BCUT2D eigenvalue weighted by Gasteiger charge is 2.18. The van der Waals surface area contributed by atoms with Crippen molar-refractivity contribution in [3.63, 3.8) is 0 Å². The lowest BCUT2D eigenvalue weighted by Crippen LogP contribution is -2.16. The van der Waals surface area contributed by atoms with E-state index < -0.39 is 0 Å². The molecule has 0 fully saturated rings. The van der Waals surface area contributed by atoms with Crippen LogP contribution in [0.15, 0.2) is 49.3 Å². The fourth-order valence-electron chi connectivity index (χ4n) is 2.17. The average molecular weight is 311 g/mol. The lowest BCUT2D eigenvalue weighted by molar-refractivity contribution is 0.0619. The molecule has 0 radical (unpaired) electrons. The molecule has 1 atom stereocenters. The van der Waals surface area contributed by atoms with Crippen LogP contribution >= 0.6 is 0 Å². The normalized spacial score (nSPS) is 12.2. The molecule has 3 N–H and O–H groups in total. The van der Waals surface area contributed by atoms with Gasteiger partial charge in [-0.2, -0.15) is 9.97 Å². The second-order valence-corrected chi connectivity index (χ2v) is 4.83. The molecule has 0 amide bonds. The Hall–Kier alpha value is -2.93. The highest BCUT2D eigenvalue weighted by molar-refractivity contribution is 5.76. The molecule has 2 aromatic heterocycles. The Kier molecular flexibility index (Phi) is 4.49. The molecule has 0 saturated carbocycles. The molecule has 3 rings (SSSR count). The van der Waals surface area contributed by atoms with Gasteiger partial charge in [0.1, 0.15) is 11.6 Å². The summed E-state index contributed by atoms with van der Waals surface area (Å²) >= 11 is 0. The third kappa shape index (κ3) is 3.46. The van der Waals surface area contributed by atoms with Crippen LogP contribution < -0.4 is 10.5 Å². The van der Waals surface area contributed by atoms with Gasteiger partial charge in [-0.3, -0.25) is 0 Å². The molecule has 0 spiro atoms. The van der Waals surface area contributed by atoms with E-state index in [9.17, 15) is 0 Å². The summed E-state index contributed by atoms with van der Waals surface area (Å²) in [4.78, 5) is 15.3. The standard InChI is InChI=1S/C16H17N5O2/c1-2-8-22-9-12(11-6-4-3-5-7-11)23-15-13-14(19-10-18-13)20-16(17)21-15/h2-7,10,12H,1,8-9H2,(H3,17,18,19,20,21). The van der Waals surface area contributed by atoms with Crippen molar-refractivity contribution in [2.75, 3.05) is 18.9 Å². The van der Waals surface area contributed by atoms with Gasteiger partial charge in [-0.15, -0.1) is 6.58 Å². The highest BCUT2D eigenvalue weighted by Crippen LogP contribution is 2.26. The third-order valence-electron chi connectivity index (χ3n) is 3.20. The first-order chi connectivity index (χ1) is 11.3. The van der Waals surface area contributed by atoms with Crippen LogP contribution in [0.25, 0.3) is 11.2 Å². The number of nitrogens with zero attached hydrogens (tertiary/aromatic N) is 3. The largest absolute Gasteiger partial charge is 0.465 e. The summed E-state index contributed by atoms with van der Waals surface area (Å²) in [6, 6.07) is 9.77. The van der Waals surface area contributed by atoms with Gasteiger partial charge in [-0.05, 0) is 5.56 Å². The number of anilines is 1. The van der Waals surface area contributed by atoms with E-state index in [-0.39, 0.29) is 12.1 Å². The first-order valence-electron chi connectivity index (χ1n) is 7.14. The molecule has 2 heterocycles. The van der Waals surface area contributed by atoms with Crippen molar-refractivity contribution < 1.29 is 9.47 Å². The average Bonchev–Trinajstić information content (AvgIpc) is 3.03. The second-order valence-electron chi connectivity index (χ2n) is 4.83. The van der Waals surface area contributed by atoms with E-state index in [0.29, 0.717) is 30.3 Å². The fourth-order valence-corrected chi connectivity index (χ4v) is 2.17. The van der Waals surface area contributed by atoms with E-state index in [0.717, 1.165) is 5.56 Å². The van der Waals surface area contributed by atoms with Gasteiger partial charge < -0.3 is 20.2 Å². The lowest BCUT2D eigenvalue weighted by atomic mass is 10.1. The molecule has 1 aromatic carbocycles. The topological polar surface area (TPSA) is 98.9 Å². The summed E-state index contributed by atoms with van der Waals surface area (Å²) in [7, 11) is 0. The quantitative estimate of drug-likeness (QED) is 0.513. The molecule has 0 aliphatic rings. The molecule has 0 aliphatic heterocycles. The molecular weight excluding hydrogens is 294 g/mol. The molecule has 7 heteroatoms. The molecule has 0 saturated heterocycles. The van der Waals surface area contributed by atoms with E-state index in [4.69, 9.17) is 15.2 Å². The molecule has 1 unspecified atom stereocenters. The summed E-state index contributed by atoms with van der Waals surface area (Å²) in [5.41, 5.74) is 7.76. The molecule has 23 heavy (non-hydrogen) atoms. The zero-order valence-electron chi connectivity index (χ0n) is 12.5. The fraction of sp³-hybridized carbons (Fsp3) is 0.188. The number of ether oxygens (including phenoxy) is 2. The maximum atomic E-state index is 6.04. The number of aromatic amines is 1. The SMILES string of the molecule is C=CCOCC(Oc1nc(N)nc2nc[nH]c12)c1ccccc1. The van der Waals surface area contributed by atoms with Crippen molar-refractivity contribution in [2.24, 2.45) is 0 Å². The maximum absolute atomic E-state index is 6.04. The number of nitrogens with one attached hydrogen (secondary N) is 1. The molecule has 118 valence electrons. The van der Waals surface area contributed by atoms with Gasteiger partial charge in [0, 0.05) is 0 Å². The van der Waals surface area contributed by atoms with E-state index in [1.54, 1.807) is 6.08 Å². The molecular formula is C16H17N5O2. The first-order valence-corrected chi connectivity index (χ1v) is 7.14. The van der Waals surface area contributed by atoms with Gasteiger partial charge in [0.25, 0.3) is 0 Å². The van der Waals surface area contributed by atoms with Gasteiger partial charge >= 0.3 is 0 Å². The highest BCUT2D eigenvalue weighted by atomic mass is 16.5. The zero-order chi connectivity index (χ0) is 16.1.